The summed E-state index contributed by atoms with van der Waals surface area (Å²) in [5.74, 6) is 2.06. The molecule has 3 aromatic heterocycles. The van der Waals surface area contributed by atoms with E-state index in [-0.39, 0.29) is 0 Å². The minimum atomic E-state index is 0.868. The van der Waals surface area contributed by atoms with Crippen LogP contribution in [0.25, 0.3) is 10.2 Å². The average Bonchev–Trinajstić information content (AvgIpc) is 3.13. The smallest absolute Gasteiger partial charge is 0.140 e. The molecule has 0 spiro atoms. The van der Waals surface area contributed by atoms with Crippen LogP contribution in [0.3, 0.4) is 0 Å². The van der Waals surface area contributed by atoms with Crippen molar-refractivity contribution in [3.8, 4) is 0 Å². The summed E-state index contributed by atoms with van der Waals surface area (Å²) in [6.45, 7) is 2.87. The van der Waals surface area contributed by atoms with Gasteiger partial charge in [-0.1, -0.05) is 0 Å². The van der Waals surface area contributed by atoms with Crippen molar-refractivity contribution in [1.82, 2.24) is 14.9 Å². The molecule has 0 saturated heterocycles. The van der Waals surface area contributed by atoms with E-state index in [1.54, 1.807) is 23.9 Å². The summed E-state index contributed by atoms with van der Waals surface area (Å²) in [5, 5.41) is 1.24. The van der Waals surface area contributed by atoms with E-state index >= 15 is 0 Å². The largest absolute Gasteiger partial charge is 0.468 e. The molecule has 0 aromatic carbocycles. The first-order valence-electron chi connectivity index (χ1n) is 7.39. The van der Waals surface area contributed by atoms with Gasteiger partial charge in [0.2, 0.25) is 0 Å². The average molecular weight is 314 g/mol. The predicted octanol–water partition coefficient (Wildman–Crippen LogP) is 2.91. The molecule has 114 valence electrons. The molecule has 3 aromatic rings. The number of hydrogen-bond acceptors (Lipinski definition) is 6. The molecule has 4 rings (SSSR count). The van der Waals surface area contributed by atoms with Crippen LogP contribution in [0.15, 0.2) is 29.1 Å². The van der Waals surface area contributed by atoms with Gasteiger partial charge in [-0.2, -0.15) is 0 Å². The Hall–Kier alpha value is -1.92. The summed E-state index contributed by atoms with van der Waals surface area (Å²) in [6.07, 6.45) is 4.45. The monoisotopic (exact) mass is 314 g/mol. The van der Waals surface area contributed by atoms with Gasteiger partial charge in [0.15, 0.2) is 0 Å². The number of hydrogen-bond donors (Lipinski definition) is 0. The van der Waals surface area contributed by atoms with Crippen molar-refractivity contribution in [3.63, 3.8) is 0 Å². The Morgan fingerprint density at radius 3 is 3.05 bits per heavy atom. The molecule has 0 N–H and O–H groups in total. The van der Waals surface area contributed by atoms with Crippen LogP contribution in [-0.2, 0) is 19.5 Å². The Labute approximate surface area is 133 Å². The van der Waals surface area contributed by atoms with Gasteiger partial charge >= 0.3 is 0 Å². The fraction of sp³-hybridized carbons (Fsp3) is 0.375. The number of thiophene rings is 1. The fourth-order valence-corrected chi connectivity index (χ4v) is 4.29. The first-order chi connectivity index (χ1) is 10.7. The summed E-state index contributed by atoms with van der Waals surface area (Å²) in [5.41, 5.74) is 1.43. The third kappa shape index (κ3) is 2.28. The molecular weight excluding hydrogens is 296 g/mol. The van der Waals surface area contributed by atoms with Crippen LogP contribution >= 0.6 is 11.3 Å². The quantitative estimate of drug-likeness (QED) is 0.744. The highest BCUT2D eigenvalue weighted by Crippen LogP contribution is 2.38. The van der Waals surface area contributed by atoms with Crippen LogP contribution in [-0.4, -0.2) is 35.5 Å². The van der Waals surface area contributed by atoms with Gasteiger partial charge in [-0.15, -0.1) is 11.3 Å². The standard InChI is InChI=1S/C16H18N4OS/c1-19(2)15-14-12-5-6-20(8-11-4-3-7-21-11)9-13(12)22-16(14)18-10-17-15/h3-4,7,10H,5-6,8-9H2,1-2H3. The minimum absolute atomic E-state index is 0.868. The number of furan rings is 1. The van der Waals surface area contributed by atoms with Crippen LogP contribution < -0.4 is 4.90 Å². The van der Waals surface area contributed by atoms with Crippen molar-refractivity contribution < 1.29 is 4.42 Å². The van der Waals surface area contributed by atoms with E-state index in [0.717, 1.165) is 42.5 Å². The number of aromatic nitrogens is 2. The van der Waals surface area contributed by atoms with Crippen LogP contribution in [0, 0.1) is 0 Å². The van der Waals surface area contributed by atoms with Crippen LogP contribution in [0.5, 0.6) is 0 Å². The maximum Gasteiger partial charge on any atom is 0.140 e. The van der Waals surface area contributed by atoms with E-state index in [1.165, 1.54) is 15.8 Å². The first kappa shape index (κ1) is 13.7. The van der Waals surface area contributed by atoms with Crippen molar-refractivity contribution in [1.29, 1.82) is 0 Å². The Morgan fingerprint density at radius 2 is 2.27 bits per heavy atom. The van der Waals surface area contributed by atoms with Gasteiger partial charge in [-0.25, -0.2) is 9.97 Å². The van der Waals surface area contributed by atoms with Crippen LogP contribution in [0.4, 0.5) is 5.82 Å². The molecule has 6 heteroatoms. The molecule has 0 saturated carbocycles. The highest BCUT2D eigenvalue weighted by Gasteiger charge is 2.24. The predicted molar refractivity (Wildman–Crippen MR) is 88.3 cm³/mol. The zero-order chi connectivity index (χ0) is 15.1. The summed E-state index contributed by atoms with van der Waals surface area (Å²) in [6, 6.07) is 3.99. The van der Waals surface area contributed by atoms with Crippen molar-refractivity contribution >= 4 is 27.4 Å². The molecule has 0 aliphatic carbocycles. The van der Waals surface area contributed by atoms with Crippen molar-refractivity contribution in [2.24, 2.45) is 0 Å². The molecule has 0 radical (unpaired) electrons. The molecule has 0 fully saturated rings. The maximum absolute atomic E-state index is 5.47. The lowest BCUT2D eigenvalue weighted by Crippen LogP contribution is -2.29. The molecule has 0 bridgehead atoms. The molecule has 0 atom stereocenters. The van der Waals surface area contributed by atoms with Crippen LogP contribution in [0.2, 0.25) is 0 Å². The van der Waals surface area contributed by atoms with Gasteiger partial charge in [-0.05, 0) is 24.1 Å². The zero-order valence-electron chi connectivity index (χ0n) is 12.7. The summed E-state index contributed by atoms with van der Waals surface area (Å²) < 4.78 is 5.47. The third-order valence-electron chi connectivity index (χ3n) is 4.08. The molecule has 22 heavy (non-hydrogen) atoms. The van der Waals surface area contributed by atoms with Crippen molar-refractivity contribution in [2.45, 2.75) is 19.5 Å². The van der Waals surface area contributed by atoms with E-state index in [1.807, 2.05) is 26.2 Å². The highest BCUT2D eigenvalue weighted by atomic mass is 32.1. The molecule has 4 heterocycles. The molecule has 0 amide bonds. The first-order valence-corrected chi connectivity index (χ1v) is 8.21. The Morgan fingerprint density at radius 1 is 1.36 bits per heavy atom. The lowest BCUT2D eigenvalue weighted by atomic mass is 10.0. The maximum atomic E-state index is 5.47. The minimum Gasteiger partial charge on any atom is -0.468 e. The van der Waals surface area contributed by atoms with Crippen molar-refractivity contribution in [3.05, 3.63) is 40.9 Å². The van der Waals surface area contributed by atoms with E-state index in [2.05, 4.69) is 19.8 Å². The summed E-state index contributed by atoms with van der Waals surface area (Å²) in [4.78, 5) is 16.0. The normalized spacial score (nSPS) is 15.2. The number of fused-ring (bicyclic) bond motifs is 3. The van der Waals surface area contributed by atoms with Gasteiger partial charge in [0, 0.05) is 32.1 Å². The van der Waals surface area contributed by atoms with E-state index in [4.69, 9.17) is 4.42 Å². The second kappa shape index (κ2) is 5.37. The van der Waals surface area contributed by atoms with Gasteiger partial charge in [-0.3, -0.25) is 4.90 Å². The Kier molecular flexibility index (Phi) is 3.35. The third-order valence-corrected chi connectivity index (χ3v) is 5.20. The summed E-state index contributed by atoms with van der Waals surface area (Å²) >= 11 is 1.80. The second-order valence-corrected chi connectivity index (χ2v) is 6.90. The van der Waals surface area contributed by atoms with Crippen LogP contribution in [0.1, 0.15) is 16.2 Å². The van der Waals surface area contributed by atoms with Gasteiger partial charge < -0.3 is 9.32 Å². The lowest BCUT2D eigenvalue weighted by Gasteiger charge is -2.26. The molecular formula is C16H18N4OS. The van der Waals surface area contributed by atoms with E-state index < -0.39 is 0 Å². The topological polar surface area (TPSA) is 45.4 Å². The summed E-state index contributed by atoms with van der Waals surface area (Å²) in [7, 11) is 4.08. The Balaban J connectivity index is 1.68. The van der Waals surface area contributed by atoms with Gasteiger partial charge in [0.25, 0.3) is 0 Å². The number of rotatable bonds is 3. The number of nitrogens with zero attached hydrogens (tertiary/aromatic N) is 4. The zero-order valence-corrected chi connectivity index (χ0v) is 13.6. The van der Waals surface area contributed by atoms with Gasteiger partial charge in [0.1, 0.15) is 22.7 Å². The molecule has 5 nitrogen and oxygen atoms in total. The van der Waals surface area contributed by atoms with Gasteiger partial charge in [0.05, 0.1) is 18.2 Å². The van der Waals surface area contributed by atoms with E-state index in [9.17, 15) is 0 Å². The second-order valence-electron chi connectivity index (χ2n) is 5.82. The molecule has 1 aliphatic rings. The highest BCUT2D eigenvalue weighted by molar-refractivity contribution is 7.18. The molecule has 0 unspecified atom stereocenters. The molecule has 1 aliphatic heterocycles. The van der Waals surface area contributed by atoms with Crippen molar-refractivity contribution in [2.75, 3.05) is 25.5 Å². The Bertz CT molecular complexity index is 794. The van der Waals surface area contributed by atoms with E-state index in [0.29, 0.717) is 0 Å². The number of anilines is 1. The SMILES string of the molecule is CN(C)c1ncnc2sc3c(c12)CCN(Cc1ccco1)C3. The lowest BCUT2D eigenvalue weighted by molar-refractivity contribution is 0.229. The fourth-order valence-electron chi connectivity index (χ4n) is 3.06.